The van der Waals surface area contributed by atoms with E-state index in [4.69, 9.17) is 9.47 Å². The molecule has 0 aliphatic carbocycles. The number of methoxy groups -OCH3 is 1. The fraction of sp³-hybridized carbons (Fsp3) is 0.294. The molecule has 0 spiro atoms. The standard InChI is InChI=1S/C17H19NO4S/c1-12(19)13-5-6-15(16(10-13)21-2)22-11-17(20)18-8-7-14-4-3-9-23-14/h3-6,9-10H,7-8,11H2,1-2H3,(H,18,20). The van der Waals surface area contributed by atoms with E-state index >= 15 is 0 Å². The van der Waals surface area contributed by atoms with Gasteiger partial charge in [0.2, 0.25) is 0 Å². The van der Waals surface area contributed by atoms with Crippen molar-refractivity contribution in [2.45, 2.75) is 13.3 Å². The minimum absolute atomic E-state index is 0.0545. The van der Waals surface area contributed by atoms with Gasteiger partial charge in [-0.3, -0.25) is 9.59 Å². The molecule has 0 saturated heterocycles. The number of rotatable bonds is 8. The van der Waals surface area contributed by atoms with E-state index in [1.807, 2.05) is 17.5 Å². The van der Waals surface area contributed by atoms with E-state index in [-0.39, 0.29) is 18.3 Å². The summed E-state index contributed by atoms with van der Waals surface area (Å²) in [7, 11) is 1.49. The highest BCUT2D eigenvalue weighted by Crippen LogP contribution is 2.28. The zero-order valence-corrected chi connectivity index (χ0v) is 13.9. The van der Waals surface area contributed by atoms with Crippen LogP contribution in [-0.2, 0) is 11.2 Å². The maximum Gasteiger partial charge on any atom is 0.257 e. The largest absolute Gasteiger partial charge is 0.493 e. The maximum atomic E-state index is 11.8. The summed E-state index contributed by atoms with van der Waals surface area (Å²) in [4.78, 5) is 24.4. The molecule has 23 heavy (non-hydrogen) atoms. The van der Waals surface area contributed by atoms with Crippen molar-refractivity contribution in [3.63, 3.8) is 0 Å². The number of carbonyl (C=O) groups is 2. The van der Waals surface area contributed by atoms with Gasteiger partial charge < -0.3 is 14.8 Å². The zero-order chi connectivity index (χ0) is 16.7. The van der Waals surface area contributed by atoms with E-state index in [0.29, 0.717) is 23.6 Å². The number of amides is 1. The lowest BCUT2D eigenvalue weighted by molar-refractivity contribution is -0.123. The molecule has 1 heterocycles. The molecular weight excluding hydrogens is 314 g/mol. The quantitative estimate of drug-likeness (QED) is 0.755. The second kappa shape index (κ2) is 8.33. The van der Waals surface area contributed by atoms with E-state index in [0.717, 1.165) is 6.42 Å². The maximum absolute atomic E-state index is 11.8. The molecule has 2 aromatic rings. The van der Waals surface area contributed by atoms with Crippen LogP contribution in [0.15, 0.2) is 35.7 Å². The first-order valence-electron chi connectivity index (χ1n) is 7.21. The van der Waals surface area contributed by atoms with Crippen molar-refractivity contribution in [2.24, 2.45) is 0 Å². The molecule has 0 aliphatic heterocycles. The van der Waals surface area contributed by atoms with Crippen LogP contribution in [0.4, 0.5) is 0 Å². The monoisotopic (exact) mass is 333 g/mol. The predicted molar refractivity (Wildman–Crippen MR) is 89.5 cm³/mol. The summed E-state index contributed by atoms with van der Waals surface area (Å²) < 4.78 is 10.7. The van der Waals surface area contributed by atoms with E-state index in [1.54, 1.807) is 29.5 Å². The zero-order valence-electron chi connectivity index (χ0n) is 13.1. The summed E-state index contributed by atoms with van der Waals surface area (Å²) in [5, 5.41) is 4.82. The Morgan fingerprint density at radius 1 is 1.22 bits per heavy atom. The van der Waals surface area contributed by atoms with Crippen LogP contribution in [0.2, 0.25) is 0 Å². The topological polar surface area (TPSA) is 64.6 Å². The van der Waals surface area contributed by atoms with Gasteiger partial charge in [-0.2, -0.15) is 0 Å². The number of ether oxygens (including phenoxy) is 2. The molecule has 1 amide bonds. The number of hydrogen-bond donors (Lipinski definition) is 1. The van der Waals surface area contributed by atoms with E-state index in [1.165, 1.54) is 18.9 Å². The molecule has 122 valence electrons. The Labute approximate surface area is 139 Å². The first-order chi connectivity index (χ1) is 11.1. The van der Waals surface area contributed by atoms with Gasteiger partial charge in [-0.05, 0) is 43.0 Å². The van der Waals surface area contributed by atoms with Crippen molar-refractivity contribution in [3.05, 3.63) is 46.2 Å². The third-order valence-electron chi connectivity index (χ3n) is 3.20. The summed E-state index contributed by atoms with van der Waals surface area (Å²) in [6.07, 6.45) is 0.806. The van der Waals surface area contributed by atoms with Gasteiger partial charge in [-0.1, -0.05) is 6.07 Å². The van der Waals surface area contributed by atoms with Gasteiger partial charge in [0, 0.05) is 17.0 Å². The Bertz CT molecular complexity index is 667. The molecule has 5 nitrogen and oxygen atoms in total. The normalized spacial score (nSPS) is 10.2. The van der Waals surface area contributed by atoms with Gasteiger partial charge in [0.25, 0.3) is 5.91 Å². The van der Waals surface area contributed by atoms with Crippen LogP contribution in [-0.4, -0.2) is 32.0 Å². The van der Waals surface area contributed by atoms with Crippen molar-refractivity contribution in [2.75, 3.05) is 20.3 Å². The SMILES string of the molecule is COc1cc(C(C)=O)ccc1OCC(=O)NCCc1cccs1. The number of thiophene rings is 1. The Morgan fingerprint density at radius 3 is 2.70 bits per heavy atom. The molecule has 0 aliphatic rings. The average Bonchev–Trinajstić information content (AvgIpc) is 3.06. The number of Topliss-reactive ketones (excluding diaryl/α,β-unsaturated/α-hetero) is 1. The minimum atomic E-state index is -0.195. The van der Waals surface area contributed by atoms with Gasteiger partial charge in [-0.25, -0.2) is 0 Å². The fourth-order valence-corrected chi connectivity index (χ4v) is 2.69. The number of hydrogen-bond acceptors (Lipinski definition) is 5. The lowest BCUT2D eigenvalue weighted by atomic mass is 10.1. The average molecular weight is 333 g/mol. The number of benzene rings is 1. The van der Waals surface area contributed by atoms with Crippen LogP contribution in [0.3, 0.4) is 0 Å². The molecule has 1 aromatic carbocycles. The summed E-state index contributed by atoms with van der Waals surface area (Å²) in [6.45, 7) is 1.96. The third-order valence-corrected chi connectivity index (χ3v) is 4.14. The molecule has 0 bridgehead atoms. The first-order valence-corrected chi connectivity index (χ1v) is 8.09. The summed E-state index contributed by atoms with van der Waals surface area (Å²) in [5.41, 5.74) is 0.537. The van der Waals surface area contributed by atoms with E-state index in [2.05, 4.69) is 5.32 Å². The fourth-order valence-electron chi connectivity index (χ4n) is 1.98. The Morgan fingerprint density at radius 2 is 2.04 bits per heavy atom. The lowest BCUT2D eigenvalue weighted by Crippen LogP contribution is -2.30. The summed E-state index contributed by atoms with van der Waals surface area (Å²) in [5.74, 6) is 0.621. The molecule has 0 radical (unpaired) electrons. The highest BCUT2D eigenvalue weighted by Gasteiger charge is 2.10. The smallest absolute Gasteiger partial charge is 0.257 e. The van der Waals surface area contributed by atoms with E-state index in [9.17, 15) is 9.59 Å². The third kappa shape index (κ3) is 5.10. The molecule has 2 rings (SSSR count). The van der Waals surface area contributed by atoms with Crippen LogP contribution >= 0.6 is 11.3 Å². The molecule has 0 unspecified atom stereocenters. The van der Waals surface area contributed by atoms with Crippen molar-refractivity contribution in [3.8, 4) is 11.5 Å². The first kappa shape index (κ1) is 17.0. The second-order valence-corrected chi connectivity index (χ2v) is 5.92. The van der Waals surface area contributed by atoms with Gasteiger partial charge >= 0.3 is 0 Å². The molecule has 0 atom stereocenters. The lowest BCUT2D eigenvalue weighted by Gasteiger charge is -2.11. The van der Waals surface area contributed by atoms with Gasteiger partial charge in [0.05, 0.1) is 7.11 Å². The molecule has 6 heteroatoms. The van der Waals surface area contributed by atoms with Gasteiger partial charge in [-0.15, -0.1) is 11.3 Å². The summed E-state index contributed by atoms with van der Waals surface area (Å²) in [6, 6.07) is 8.91. The molecular formula is C17H19NO4S. The molecule has 1 N–H and O–H groups in total. The molecule has 0 saturated carbocycles. The van der Waals surface area contributed by atoms with Crippen molar-refractivity contribution < 1.29 is 19.1 Å². The Balaban J connectivity index is 1.82. The van der Waals surface area contributed by atoms with Crippen LogP contribution in [0.25, 0.3) is 0 Å². The minimum Gasteiger partial charge on any atom is -0.493 e. The van der Waals surface area contributed by atoms with Crippen molar-refractivity contribution in [1.82, 2.24) is 5.32 Å². The second-order valence-electron chi connectivity index (χ2n) is 4.89. The number of nitrogens with one attached hydrogen (secondary N) is 1. The van der Waals surface area contributed by atoms with Crippen LogP contribution in [0.5, 0.6) is 11.5 Å². The Hall–Kier alpha value is -2.34. The predicted octanol–water partition coefficient (Wildman–Crippen LogP) is 2.70. The number of ketones is 1. The number of carbonyl (C=O) groups excluding carboxylic acids is 2. The van der Waals surface area contributed by atoms with Crippen molar-refractivity contribution in [1.29, 1.82) is 0 Å². The van der Waals surface area contributed by atoms with Crippen LogP contribution < -0.4 is 14.8 Å². The molecule has 1 aromatic heterocycles. The van der Waals surface area contributed by atoms with Gasteiger partial charge in [0.15, 0.2) is 23.9 Å². The Kier molecular flexibility index (Phi) is 6.17. The van der Waals surface area contributed by atoms with Crippen LogP contribution in [0, 0.1) is 0 Å². The van der Waals surface area contributed by atoms with Gasteiger partial charge in [0.1, 0.15) is 0 Å². The highest BCUT2D eigenvalue weighted by atomic mass is 32.1. The molecule has 0 fully saturated rings. The highest BCUT2D eigenvalue weighted by molar-refractivity contribution is 7.09. The van der Waals surface area contributed by atoms with Crippen molar-refractivity contribution >= 4 is 23.0 Å². The van der Waals surface area contributed by atoms with Crippen LogP contribution in [0.1, 0.15) is 22.2 Å². The van der Waals surface area contributed by atoms with E-state index < -0.39 is 0 Å². The summed E-state index contributed by atoms with van der Waals surface area (Å²) >= 11 is 1.67.